The van der Waals surface area contributed by atoms with E-state index < -0.39 is 0 Å². The Morgan fingerprint density at radius 3 is 2.43 bits per heavy atom. The van der Waals surface area contributed by atoms with Crippen molar-refractivity contribution < 1.29 is 5.11 Å². The molecule has 0 radical (unpaired) electrons. The third-order valence-electron chi connectivity index (χ3n) is 4.78. The van der Waals surface area contributed by atoms with Crippen molar-refractivity contribution in [2.75, 3.05) is 13.1 Å². The highest BCUT2D eigenvalue weighted by molar-refractivity contribution is 5.34. The Labute approximate surface area is 137 Å². The van der Waals surface area contributed by atoms with E-state index in [-0.39, 0.29) is 12.0 Å². The van der Waals surface area contributed by atoms with Crippen LogP contribution in [0.1, 0.15) is 29.5 Å². The number of hydrogen-bond donors (Lipinski definition) is 1. The highest BCUT2D eigenvalue weighted by atomic mass is 16.3. The fourth-order valence-corrected chi connectivity index (χ4v) is 3.53. The highest BCUT2D eigenvalue weighted by Gasteiger charge is 2.36. The van der Waals surface area contributed by atoms with Crippen molar-refractivity contribution >= 4 is 0 Å². The monoisotopic (exact) mass is 306 g/mol. The van der Waals surface area contributed by atoms with Crippen molar-refractivity contribution in [3.8, 4) is 6.07 Å². The van der Waals surface area contributed by atoms with E-state index in [2.05, 4.69) is 35.2 Å². The van der Waals surface area contributed by atoms with Crippen LogP contribution in [0.4, 0.5) is 0 Å². The molecule has 0 aromatic heterocycles. The van der Waals surface area contributed by atoms with E-state index in [4.69, 9.17) is 5.26 Å². The maximum Gasteiger partial charge on any atom is 0.0991 e. The highest BCUT2D eigenvalue weighted by Crippen LogP contribution is 2.35. The average molecular weight is 306 g/mol. The summed E-state index contributed by atoms with van der Waals surface area (Å²) in [5.41, 5.74) is 3.20. The zero-order chi connectivity index (χ0) is 16.2. The van der Waals surface area contributed by atoms with Crippen LogP contribution in [0.3, 0.4) is 0 Å². The third-order valence-corrected chi connectivity index (χ3v) is 4.78. The Kier molecular flexibility index (Phi) is 4.76. The second-order valence-electron chi connectivity index (χ2n) is 6.42. The van der Waals surface area contributed by atoms with Gasteiger partial charge in [-0.15, -0.1) is 0 Å². The topological polar surface area (TPSA) is 47.3 Å². The van der Waals surface area contributed by atoms with Gasteiger partial charge in [0.25, 0.3) is 0 Å². The second kappa shape index (κ2) is 6.95. The van der Waals surface area contributed by atoms with Crippen molar-refractivity contribution in [1.82, 2.24) is 4.90 Å². The van der Waals surface area contributed by atoms with Gasteiger partial charge in [-0.05, 0) is 30.2 Å². The lowest BCUT2D eigenvalue weighted by Crippen LogP contribution is -2.25. The summed E-state index contributed by atoms with van der Waals surface area (Å²) in [7, 11) is 0. The predicted octanol–water partition coefficient (Wildman–Crippen LogP) is 3.15. The third kappa shape index (κ3) is 3.61. The minimum atomic E-state index is -0.337. The van der Waals surface area contributed by atoms with E-state index in [1.54, 1.807) is 0 Å². The number of rotatable bonds is 4. The zero-order valence-electron chi connectivity index (χ0n) is 13.4. The molecular formula is C20H22N2O. The van der Waals surface area contributed by atoms with Crippen molar-refractivity contribution in [3.05, 3.63) is 71.3 Å². The van der Waals surface area contributed by atoms with Gasteiger partial charge in [0, 0.05) is 31.5 Å². The van der Waals surface area contributed by atoms with Gasteiger partial charge in [0.15, 0.2) is 0 Å². The van der Waals surface area contributed by atoms with Gasteiger partial charge in [0.05, 0.1) is 17.7 Å². The van der Waals surface area contributed by atoms with Crippen LogP contribution in [0.5, 0.6) is 0 Å². The maximum absolute atomic E-state index is 10.2. The Morgan fingerprint density at radius 2 is 1.83 bits per heavy atom. The van der Waals surface area contributed by atoms with Crippen molar-refractivity contribution in [1.29, 1.82) is 5.26 Å². The van der Waals surface area contributed by atoms with Crippen LogP contribution in [0.2, 0.25) is 0 Å². The van der Waals surface area contributed by atoms with Gasteiger partial charge in [-0.1, -0.05) is 42.5 Å². The molecule has 2 aromatic rings. The Hall–Kier alpha value is -2.15. The van der Waals surface area contributed by atoms with Crippen LogP contribution < -0.4 is 0 Å². The Bertz CT molecular complexity index is 673. The van der Waals surface area contributed by atoms with Crippen LogP contribution in [-0.2, 0) is 6.54 Å². The molecule has 0 saturated carbocycles. The number of nitriles is 1. The molecule has 1 heterocycles. The van der Waals surface area contributed by atoms with Gasteiger partial charge in [0.2, 0.25) is 0 Å². The lowest BCUT2D eigenvalue weighted by Gasteiger charge is -2.21. The van der Waals surface area contributed by atoms with Gasteiger partial charge in [0.1, 0.15) is 0 Å². The SMILES string of the molecule is C[C@H](O)[C@@H]1CN(Cc2ccccc2)C[C@@H]1c1ccc(C#N)cc1. The summed E-state index contributed by atoms with van der Waals surface area (Å²) in [5, 5.41) is 19.1. The summed E-state index contributed by atoms with van der Waals surface area (Å²) in [5.74, 6) is 0.540. The standard InChI is InChI=1S/C20H22N2O/c1-15(23)19-13-22(12-17-5-3-2-4-6-17)14-20(19)18-9-7-16(11-21)8-10-18/h2-10,15,19-20,23H,12-14H2,1H3/t15-,19-,20+/m0/s1. The molecule has 2 aromatic carbocycles. The van der Waals surface area contributed by atoms with Gasteiger partial charge in [-0.2, -0.15) is 5.26 Å². The van der Waals surface area contributed by atoms with Crippen molar-refractivity contribution in [2.24, 2.45) is 5.92 Å². The van der Waals surface area contributed by atoms with Crippen molar-refractivity contribution in [3.63, 3.8) is 0 Å². The molecule has 118 valence electrons. The van der Waals surface area contributed by atoms with E-state index in [1.165, 1.54) is 11.1 Å². The minimum absolute atomic E-state index is 0.228. The van der Waals surface area contributed by atoms with Crippen molar-refractivity contribution in [2.45, 2.75) is 25.5 Å². The molecule has 0 unspecified atom stereocenters. The zero-order valence-corrected chi connectivity index (χ0v) is 13.4. The molecule has 3 rings (SSSR count). The van der Waals surface area contributed by atoms with Crippen LogP contribution in [0.25, 0.3) is 0 Å². The molecule has 0 amide bonds. The smallest absolute Gasteiger partial charge is 0.0991 e. The molecule has 0 bridgehead atoms. The fourth-order valence-electron chi connectivity index (χ4n) is 3.53. The largest absolute Gasteiger partial charge is 0.393 e. The number of benzene rings is 2. The Balaban J connectivity index is 1.77. The molecule has 1 fully saturated rings. The molecule has 3 heteroatoms. The summed E-state index contributed by atoms with van der Waals surface area (Å²) in [4.78, 5) is 2.41. The average Bonchev–Trinajstić information content (AvgIpc) is 3.00. The number of nitrogens with zero attached hydrogens (tertiary/aromatic N) is 2. The lowest BCUT2D eigenvalue weighted by atomic mass is 9.85. The van der Waals surface area contributed by atoms with Gasteiger partial charge in [-0.25, -0.2) is 0 Å². The van der Waals surface area contributed by atoms with Crippen LogP contribution >= 0.6 is 0 Å². The van der Waals surface area contributed by atoms with Gasteiger partial charge >= 0.3 is 0 Å². The molecule has 1 aliphatic rings. The minimum Gasteiger partial charge on any atom is -0.393 e. The lowest BCUT2D eigenvalue weighted by molar-refractivity contribution is 0.120. The first-order chi connectivity index (χ1) is 11.2. The normalized spacial score (nSPS) is 22.7. The molecule has 0 spiro atoms. The van der Waals surface area contributed by atoms with Crippen LogP contribution in [-0.4, -0.2) is 29.2 Å². The van der Waals surface area contributed by atoms with E-state index in [0.717, 1.165) is 19.6 Å². The molecule has 23 heavy (non-hydrogen) atoms. The van der Waals surface area contributed by atoms with Crippen LogP contribution in [0.15, 0.2) is 54.6 Å². The van der Waals surface area contributed by atoms with Crippen LogP contribution in [0, 0.1) is 17.2 Å². The first-order valence-corrected chi connectivity index (χ1v) is 8.12. The van der Waals surface area contributed by atoms with Gasteiger partial charge in [-0.3, -0.25) is 4.90 Å². The number of likely N-dealkylation sites (tertiary alicyclic amines) is 1. The molecule has 1 N–H and O–H groups in total. The predicted molar refractivity (Wildman–Crippen MR) is 90.8 cm³/mol. The number of aliphatic hydroxyl groups excluding tert-OH is 1. The number of hydrogen-bond acceptors (Lipinski definition) is 3. The molecule has 3 nitrogen and oxygen atoms in total. The quantitative estimate of drug-likeness (QED) is 0.944. The first-order valence-electron chi connectivity index (χ1n) is 8.12. The summed E-state index contributed by atoms with van der Waals surface area (Å²) in [6.45, 7) is 4.64. The van der Waals surface area contributed by atoms with E-state index in [0.29, 0.717) is 11.5 Å². The van der Waals surface area contributed by atoms with Gasteiger partial charge < -0.3 is 5.11 Å². The van der Waals surface area contributed by atoms with E-state index in [9.17, 15) is 5.11 Å². The Morgan fingerprint density at radius 1 is 1.13 bits per heavy atom. The fraction of sp³-hybridized carbons (Fsp3) is 0.350. The maximum atomic E-state index is 10.2. The molecule has 3 atom stereocenters. The molecule has 1 aliphatic heterocycles. The second-order valence-corrected chi connectivity index (χ2v) is 6.42. The summed E-state index contributed by atoms with van der Waals surface area (Å²) < 4.78 is 0. The summed E-state index contributed by atoms with van der Waals surface area (Å²) >= 11 is 0. The summed E-state index contributed by atoms with van der Waals surface area (Å²) in [6, 6.07) is 20.4. The molecule has 1 saturated heterocycles. The molecule has 0 aliphatic carbocycles. The van der Waals surface area contributed by atoms with E-state index >= 15 is 0 Å². The molecular weight excluding hydrogens is 284 g/mol. The van der Waals surface area contributed by atoms with E-state index in [1.807, 2.05) is 37.3 Å². The number of aliphatic hydroxyl groups is 1. The first kappa shape index (κ1) is 15.7. The summed E-state index contributed by atoms with van der Waals surface area (Å²) in [6.07, 6.45) is -0.337.